The minimum absolute atomic E-state index is 0.00896. The van der Waals surface area contributed by atoms with E-state index >= 15 is 0 Å². The monoisotopic (exact) mass is 190 g/mol. The first-order valence-electron chi connectivity index (χ1n) is 4.67. The highest BCUT2D eigenvalue weighted by Gasteiger charge is 2.26. The van der Waals surface area contributed by atoms with Gasteiger partial charge >= 0.3 is 0 Å². The van der Waals surface area contributed by atoms with Crippen LogP contribution in [0.2, 0.25) is 0 Å². The number of rotatable bonds is 5. The van der Waals surface area contributed by atoms with Crippen molar-refractivity contribution in [3.63, 3.8) is 0 Å². The first-order chi connectivity index (χ1) is 6.58. The molecule has 0 aliphatic carbocycles. The summed E-state index contributed by atoms with van der Waals surface area (Å²) < 4.78 is 0. The van der Waals surface area contributed by atoms with E-state index in [0.717, 1.165) is 6.42 Å². The molecule has 1 unspecified atom stereocenters. The average Bonchev–Trinajstić information content (AvgIpc) is 2.11. The number of hydrogen-bond acceptors (Lipinski definition) is 2. The minimum atomic E-state index is -0.00896. The zero-order valence-corrected chi connectivity index (χ0v) is 9.01. The summed E-state index contributed by atoms with van der Waals surface area (Å²) in [6.07, 6.45) is 5.94. The SMILES string of the molecule is C#CC#CC(CCN)C(C)(C)CN=C. The van der Waals surface area contributed by atoms with E-state index in [1.54, 1.807) is 0 Å². The smallest absolute Gasteiger partial charge is 0.0445 e. The lowest BCUT2D eigenvalue weighted by atomic mass is 9.77. The predicted molar refractivity (Wildman–Crippen MR) is 62.0 cm³/mol. The van der Waals surface area contributed by atoms with E-state index in [4.69, 9.17) is 12.2 Å². The van der Waals surface area contributed by atoms with Gasteiger partial charge in [0.2, 0.25) is 0 Å². The van der Waals surface area contributed by atoms with Crippen LogP contribution in [-0.2, 0) is 0 Å². The molecule has 0 aromatic rings. The second-order valence-corrected chi connectivity index (χ2v) is 3.91. The highest BCUT2D eigenvalue weighted by atomic mass is 14.7. The van der Waals surface area contributed by atoms with Crippen LogP contribution in [0.25, 0.3) is 0 Å². The summed E-state index contributed by atoms with van der Waals surface area (Å²) in [5, 5.41) is 0. The highest BCUT2D eigenvalue weighted by molar-refractivity contribution is 5.25. The fourth-order valence-corrected chi connectivity index (χ4v) is 1.35. The predicted octanol–water partition coefficient (Wildman–Crippen LogP) is 1.31. The van der Waals surface area contributed by atoms with Gasteiger partial charge in [-0.15, -0.1) is 6.42 Å². The first kappa shape index (κ1) is 12.8. The molecule has 0 fully saturated rings. The van der Waals surface area contributed by atoms with Crippen molar-refractivity contribution in [1.29, 1.82) is 0 Å². The molecule has 2 heteroatoms. The first-order valence-corrected chi connectivity index (χ1v) is 4.67. The summed E-state index contributed by atoms with van der Waals surface area (Å²) in [7, 11) is 0. The van der Waals surface area contributed by atoms with Crippen LogP contribution in [0.1, 0.15) is 20.3 Å². The molecule has 0 rings (SSSR count). The fraction of sp³-hybridized carbons (Fsp3) is 0.583. The summed E-state index contributed by atoms with van der Waals surface area (Å²) in [6.45, 7) is 9.00. The van der Waals surface area contributed by atoms with Crippen molar-refractivity contribution in [2.24, 2.45) is 22.1 Å². The molecule has 0 bridgehead atoms. The summed E-state index contributed by atoms with van der Waals surface area (Å²) in [4.78, 5) is 3.91. The minimum Gasteiger partial charge on any atom is -0.330 e. The summed E-state index contributed by atoms with van der Waals surface area (Å²) >= 11 is 0. The molecule has 0 amide bonds. The lowest BCUT2D eigenvalue weighted by Crippen LogP contribution is -2.28. The molecule has 0 radical (unpaired) electrons. The van der Waals surface area contributed by atoms with Gasteiger partial charge in [-0.25, -0.2) is 0 Å². The Bertz CT molecular complexity index is 273. The van der Waals surface area contributed by atoms with Crippen LogP contribution in [-0.4, -0.2) is 19.8 Å². The summed E-state index contributed by atoms with van der Waals surface area (Å²) in [5.41, 5.74) is 5.52. The molecule has 0 heterocycles. The van der Waals surface area contributed by atoms with Crippen molar-refractivity contribution >= 4 is 6.72 Å². The molecule has 0 spiro atoms. The Kier molecular flexibility index (Phi) is 5.68. The second-order valence-electron chi connectivity index (χ2n) is 3.91. The molecule has 2 nitrogen and oxygen atoms in total. The van der Waals surface area contributed by atoms with Crippen LogP contribution in [0.5, 0.6) is 0 Å². The van der Waals surface area contributed by atoms with Crippen LogP contribution < -0.4 is 5.73 Å². The van der Waals surface area contributed by atoms with E-state index in [1.807, 2.05) is 0 Å². The summed E-state index contributed by atoms with van der Waals surface area (Å²) in [5.74, 6) is 8.21. The van der Waals surface area contributed by atoms with Crippen LogP contribution in [0.3, 0.4) is 0 Å². The maximum atomic E-state index is 5.53. The quantitative estimate of drug-likeness (QED) is 0.515. The second kappa shape index (κ2) is 6.24. The van der Waals surface area contributed by atoms with E-state index in [1.165, 1.54) is 0 Å². The van der Waals surface area contributed by atoms with Crippen molar-refractivity contribution in [3.8, 4) is 24.2 Å². The topological polar surface area (TPSA) is 38.4 Å². The zero-order valence-electron chi connectivity index (χ0n) is 9.01. The summed E-state index contributed by atoms with van der Waals surface area (Å²) in [6, 6.07) is 0. The van der Waals surface area contributed by atoms with Crippen LogP contribution >= 0.6 is 0 Å². The molecular formula is C12H18N2. The van der Waals surface area contributed by atoms with E-state index in [9.17, 15) is 0 Å². The maximum absolute atomic E-state index is 5.53. The molecule has 0 aliphatic rings. The normalized spacial score (nSPS) is 12.1. The van der Waals surface area contributed by atoms with E-state index in [-0.39, 0.29) is 11.3 Å². The van der Waals surface area contributed by atoms with Gasteiger partial charge in [0, 0.05) is 12.5 Å². The number of hydrogen-bond donors (Lipinski definition) is 1. The Morgan fingerprint density at radius 1 is 1.57 bits per heavy atom. The zero-order chi connectivity index (χ0) is 11.0. The van der Waals surface area contributed by atoms with Gasteiger partial charge in [-0.3, -0.25) is 0 Å². The van der Waals surface area contributed by atoms with E-state index in [2.05, 4.69) is 43.3 Å². The number of nitrogens with two attached hydrogens (primary N) is 1. The molecule has 2 N–H and O–H groups in total. The van der Waals surface area contributed by atoms with E-state index < -0.39 is 0 Å². The molecular weight excluding hydrogens is 172 g/mol. The van der Waals surface area contributed by atoms with Gasteiger partial charge in [-0.05, 0) is 36.9 Å². The number of nitrogens with zero attached hydrogens (tertiary/aromatic N) is 1. The van der Waals surface area contributed by atoms with Gasteiger partial charge in [0.05, 0.1) is 0 Å². The molecule has 0 aromatic heterocycles. The maximum Gasteiger partial charge on any atom is 0.0445 e. The van der Waals surface area contributed by atoms with Crippen molar-refractivity contribution in [1.82, 2.24) is 0 Å². The molecule has 76 valence electrons. The van der Waals surface area contributed by atoms with Gasteiger partial charge in [0.15, 0.2) is 0 Å². The lowest BCUT2D eigenvalue weighted by Gasteiger charge is -2.28. The Morgan fingerprint density at radius 3 is 2.64 bits per heavy atom. The molecule has 0 saturated heterocycles. The highest BCUT2D eigenvalue weighted by Crippen LogP contribution is 2.28. The average molecular weight is 190 g/mol. The van der Waals surface area contributed by atoms with Gasteiger partial charge in [-0.1, -0.05) is 19.8 Å². The van der Waals surface area contributed by atoms with Crippen LogP contribution in [0, 0.1) is 35.5 Å². The third-order valence-corrected chi connectivity index (χ3v) is 2.24. The van der Waals surface area contributed by atoms with E-state index in [0.29, 0.717) is 13.1 Å². The van der Waals surface area contributed by atoms with Gasteiger partial charge in [-0.2, -0.15) is 0 Å². The van der Waals surface area contributed by atoms with Crippen molar-refractivity contribution in [2.45, 2.75) is 20.3 Å². The van der Waals surface area contributed by atoms with Crippen molar-refractivity contribution < 1.29 is 0 Å². The number of aliphatic imine (C=N–C) groups is 1. The van der Waals surface area contributed by atoms with Crippen molar-refractivity contribution in [3.05, 3.63) is 0 Å². The Morgan fingerprint density at radius 2 is 2.21 bits per heavy atom. The molecule has 0 saturated carbocycles. The van der Waals surface area contributed by atoms with Gasteiger partial charge < -0.3 is 10.7 Å². The third-order valence-electron chi connectivity index (χ3n) is 2.24. The van der Waals surface area contributed by atoms with Gasteiger partial charge in [0.1, 0.15) is 0 Å². The standard InChI is InChI=1S/C12H18N2/c1-5-6-7-11(8-9-13)12(2,3)10-14-4/h1,11H,4,8-10,13H2,2-3H3. The lowest BCUT2D eigenvalue weighted by molar-refractivity contribution is 0.270. The Labute approximate surface area is 87.0 Å². The molecule has 14 heavy (non-hydrogen) atoms. The molecule has 0 aromatic carbocycles. The van der Waals surface area contributed by atoms with Crippen LogP contribution in [0.4, 0.5) is 0 Å². The Balaban J connectivity index is 4.63. The van der Waals surface area contributed by atoms with Crippen LogP contribution in [0.15, 0.2) is 4.99 Å². The molecule has 0 aliphatic heterocycles. The number of terminal acetylenes is 1. The third kappa shape index (κ3) is 4.12. The fourth-order valence-electron chi connectivity index (χ4n) is 1.35. The van der Waals surface area contributed by atoms with Gasteiger partial charge in [0.25, 0.3) is 0 Å². The Hall–Kier alpha value is -1.25. The largest absolute Gasteiger partial charge is 0.330 e. The van der Waals surface area contributed by atoms with Crippen molar-refractivity contribution in [2.75, 3.05) is 13.1 Å². The molecule has 1 atom stereocenters.